The molecule has 0 aliphatic carbocycles. The summed E-state index contributed by atoms with van der Waals surface area (Å²) in [4.78, 5) is 20.2. The lowest BCUT2D eigenvalue weighted by molar-refractivity contribution is 0.0594. The van der Waals surface area contributed by atoms with Gasteiger partial charge in [-0.2, -0.15) is 5.10 Å². The standard InChI is InChI=1S/C20H14N4O3/c1-26-20(25)16-12-27-19(23-16)17-15(13-6-3-2-4-7-13)11-22-24-18(17)14-8-5-9-21-10-14/h2-12H,1H3. The molecule has 3 heterocycles. The first-order valence-corrected chi connectivity index (χ1v) is 8.13. The summed E-state index contributed by atoms with van der Waals surface area (Å²) in [7, 11) is 1.29. The molecule has 0 radical (unpaired) electrons. The SMILES string of the molecule is COC(=O)c1coc(-c2c(-c3ccccc3)cnnc2-c2cccnc2)n1. The molecule has 0 atom stereocenters. The molecule has 0 saturated carbocycles. The molecule has 0 bridgehead atoms. The van der Waals surface area contributed by atoms with E-state index in [0.29, 0.717) is 11.3 Å². The lowest BCUT2D eigenvalue weighted by Gasteiger charge is -2.10. The quantitative estimate of drug-likeness (QED) is 0.514. The second-order valence-electron chi connectivity index (χ2n) is 5.62. The largest absolute Gasteiger partial charge is 0.464 e. The van der Waals surface area contributed by atoms with Crippen LogP contribution < -0.4 is 0 Å². The smallest absolute Gasteiger partial charge is 0.360 e. The molecule has 0 unspecified atom stereocenters. The number of rotatable bonds is 4. The zero-order valence-electron chi connectivity index (χ0n) is 14.4. The van der Waals surface area contributed by atoms with Crippen LogP contribution in [0.15, 0.2) is 71.7 Å². The van der Waals surface area contributed by atoms with Crippen molar-refractivity contribution in [2.45, 2.75) is 0 Å². The molecule has 3 aromatic heterocycles. The van der Waals surface area contributed by atoms with Crippen molar-refractivity contribution in [3.63, 3.8) is 0 Å². The van der Waals surface area contributed by atoms with Crippen molar-refractivity contribution >= 4 is 5.97 Å². The Morgan fingerprint density at radius 2 is 1.85 bits per heavy atom. The van der Waals surface area contributed by atoms with Crippen molar-refractivity contribution < 1.29 is 13.9 Å². The first kappa shape index (κ1) is 16.6. The van der Waals surface area contributed by atoms with Gasteiger partial charge >= 0.3 is 5.97 Å². The summed E-state index contributed by atoms with van der Waals surface area (Å²) in [5.74, 6) is -0.320. The molecule has 1 aromatic carbocycles. The van der Waals surface area contributed by atoms with E-state index in [4.69, 9.17) is 9.15 Å². The first-order valence-electron chi connectivity index (χ1n) is 8.13. The minimum absolute atomic E-state index is 0.0838. The Hall–Kier alpha value is -3.87. The Morgan fingerprint density at radius 1 is 1.04 bits per heavy atom. The fraction of sp³-hybridized carbons (Fsp3) is 0.0500. The molecule has 0 aliphatic rings. The van der Waals surface area contributed by atoms with Gasteiger partial charge in [-0.25, -0.2) is 9.78 Å². The van der Waals surface area contributed by atoms with Crippen molar-refractivity contribution in [2.75, 3.05) is 7.11 Å². The minimum atomic E-state index is -0.573. The Morgan fingerprint density at radius 3 is 2.59 bits per heavy atom. The van der Waals surface area contributed by atoms with Gasteiger partial charge in [0.15, 0.2) is 5.69 Å². The van der Waals surface area contributed by atoms with Gasteiger partial charge in [0, 0.05) is 23.5 Å². The fourth-order valence-electron chi connectivity index (χ4n) is 2.73. The third kappa shape index (κ3) is 3.18. The summed E-state index contributed by atoms with van der Waals surface area (Å²) >= 11 is 0. The summed E-state index contributed by atoms with van der Waals surface area (Å²) in [5.41, 5.74) is 3.73. The summed E-state index contributed by atoms with van der Waals surface area (Å²) < 4.78 is 10.3. The van der Waals surface area contributed by atoms with E-state index in [-0.39, 0.29) is 11.6 Å². The van der Waals surface area contributed by atoms with Crippen LogP contribution in [-0.4, -0.2) is 33.2 Å². The predicted molar refractivity (Wildman–Crippen MR) is 97.5 cm³/mol. The van der Waals surface area contributed by atoms with Gasteiger partial charge in [0.05, 0.1) is 18.9 Å². The second kappa shape index (κ2) is 7.17. The zero-order chi connectivity index (χ0) is 18.6. The maximum absolute atomic E-state index is 11.8. The van der Waals surface area contributed by atoms with Crippen LogP contribution >= 0.6 is 0 Å². The molecule has 132 valence electrons. The van der Waals surface area contributed by atoms with Crippen LogP contribution in [0.2, 0.25) is 0 Å². The van der Waals surface area contributed by atoms with E-state index in [1.165, 1.54) is 13.4 Å². The van der Waals surface area contributed by atoms with Crippen LogP contribution in [0.25, 0.3) is 33.8 Å². The van der Waals surface area contributed by atoms with Crippen molar-refractivity contribution in [2.24, 2.45) is 0 Å². The molecule has 0 saturated heterocycles. The highest BCUT2D eigenvalue weighted by molar-refractivity contribution is 5.91. The number of methoxy groups -OCH3 is 1. The predicted octanol–water partition coefficient (Wildman–Crippen LogP) is 3.65. The average Bonchev–Trinajstić information content (AvgIpc) is 3.24. The Kier molecular flexibility index (Phi) is 4.40. The van der Waals surface area contributed by atoms with E-state index < -0.39 is 5.97 Å². The summed E-state index contributed by atoms with van der Waals surface area (Å²) in [6.45, 7) is 0. The van der Waals surface area contributed by atoms with Crippen LogP contribution in [0.4, 0.5) is 0 Å². The van der Waals surface area contributed by atoms with Crippen molar-refractivity contribution in [3.05, 3.63) is 73.0 Å². The summed E-state index contributed by atoms with van der Waals surface area (Å²) in [5, 5.41) is 8.42. The van der Waals surface area contributed by atoms with E-state index in [9.17, 15) is 4.79 Å². The highest BCUT2D eigenvalue weighted by Crippen LogP contribution is 2.37. The van der Waals surface area contributed by atoms with Gasteiger partial charge in [0.2, 0.25) is 5.89 Å². The minimum Gasteiger partial charge on any atom is -0.464 e. The third-order valence-electron chi connectivity index (χ3n) is 3.98. The summed E-state index contributed by atoms with van der Waals surface area (Å²) in [6, 6.07) is 13.4. The lowest BCUT2D eigenvalue weighted by atomic mass is 9.98. The number of benzene rings is 1. The molecule has 27 heavy (non-hydrogen) atoms. The number of esters is 1. The van der Waals surface area contributed by atoms with E-state index in [2.05, 4.69) is 20.2 Å². The first-order chi connectivity index (χ1) is 13.3. The fourth-order valence-corrected chi connectivity index (χ4v) is 2.73. The van der Waals surface area contributed by atoms with Crippen LogP contribution in [-0.2, 0) is 4.74 Å². The van der Waals surface area contributed by atoms with Crippen molar-refractivity contribution in [3.8, 4) is 33.8 Å². The normalized spacial score (nSPS) is 10.6. The number of pyridine rings is 1. The van der Waals surface area contributed by atoms with Gasteiger partial charge in [0.25, 0.3) is 0 Å². The molecule has 0 amide bonds. The number of oxazole rings is 1. The maximum atomic E-state index is 11.8. The highest BCUT2D eigenvalue weighted by atomic mass is 16.5. The second-order valence-corrected chi connectivity index (χ2v) is 5.62. The number of ether oxygens (including phenoxy) is 1. The Bertz CT molecular complexity index is 1020. The van der Waals surface area contributed by atoms with E-state index >= 15 is 0 Å². The van der Waals surface area contributed by atoms with Gasteiger partial charge in [-0.05, 0) is 17.7 Å². The molecule has 0 N–H and O–H groups in total. The van der Waals surface area contributed by atoms with E-state index in [1.54, 1.807) is 18.6 Å². The molecule has 7 heteroatoms. The van der Waals surface area contributed by atoms with Crippen LogP contribution in [0, 0.1) is 0 Å². The molecule has 0 fully saturated rings. The highest BCUT2D eigenvalue weighted by Gasteiger charge is 2.22. The topological polar surface area (TPSA) is 91.0 Å². The molecule has 0 aliphatic heterocycles. The van der Waals surface area contributed by atoms with Crippen LogP contribution in [0.3, 0.4) is 0 Å². The van der Waals surface area contributed by atoms with Gasteiger partial charge in [-0.1, -0.05) is 30.3 Å². The number of aromatic nitrogens is 4. The zero-order valence-corrected chi connectivity index (χ0v) is 14.4. The monoisotopic (exact) mass is 358 g/mol. The Labute approximate surface area is 154 Å². The number of carbonyl (C=O) groups is 1. The van der Waals surface area contributed by atoms with Crippen molar-refractivity contribution in [1.82, 2.24) is 20.2 Å². The summed E-state index contributed by atoms with van der Waals surface area (Å²) in [6.07, 6.45) is 6.28. The molecular formula is C20H14N4O3. The maximum Gasteiger partial charge on any atom is 0.360 e. The van der Waals surface area contributed by atoms with Gasteiger partial charge < -0.3 is 9.15 Å². The number of nitrogens with zero attached hydrogens (tertiary/aromatic N) is 4. The average molecular weight is 358 g/mol. The molecule has 4 aromatic rings. The van der Waals surface area contributed by atoms with Crippen LogP contribution in [0.5, 0.6) is 0 Å². The number of carbonyl (C=O) groups excluding carboxylic acids is 1. The van der Waals surface area contributed by atoms with E-state index in [0.717, 1.165) is 16.7 Å². The number of hydrogen-bond acceptors (Lipinski definition) is 7. The molecule has 4 rings (SSSR count). The van der Waals surface area contributed by atoms with Crippen LogP contribution in [0.1, 0.15) is 10.5 Å². The van der Waals surface area contributed by atoms with Gasteiger partial charge in [-0.3, -0.25) is 4.98 Å². The van der Waals surface area contributed by atoms with E-state index in [1.807, 2.05) is 42.5 Å². The third-order valence-corrected chi connectivity index (χ3v) is 3.98. The van der Waals surface area contributed by atoms with Crippen molar-refractivity contribution in [1.29, 1.82) is 0 Å². The lowest BCUT2D eigenvalue weighted by Crippen LogP contribution is -2.02. The molecule has 7 nitrogen and oxygen atoms in total. The number of hydrogen-bond donors (Lipinski definition) is 0. The van der Waals surface area contributed by atoms with Gasteiger partial charge in [-0.15, -0.1) is 5.10 Å². The molecule has 0 spiro atoms. The molecular weight excluding hydrogens is 344 g/mol. The van der Waals surface area contributed by atoms with Gasteiger partial charge in [0.1, 0.15) is 12.0 Å². The Balaban J connectivity index is 1.97.